The minimum absolute atomic E-state index is 0. The third-order valence-corrected chi connectivity index (χ3v) is 4.93. The minimum atomic E-state index is 0. The Balaban J connectivity index is 0.00000225. The van der Waals surface area contributed by atoms with Crippen molar-refractivity contribution in [2.45, 2.75) is 19.1 Å². The molecule has 0 bridgehead atoms. The van der Waals surface area contributed by atoms with Crippen molar-refractivity contribution in [1.29, 1.82) is 0 Å². The zero-order chi connectivity index (χ0) is 17.1. The highest BCUT2D eigenvalue weighted by atomic mass is 127. The normalized spacial score (nSPS) is 16.0. The number of aromatic nitrogens is 1. The van der Waals surface area contributed by atoms with Crippen LogP contribution in [-0.4, -0.2) is 30.2 Å². The van der Waals surface area contributed by atoms with Gasteiger partial charge >= 0.3 is 0 Å². The van der Waals surface area contributed by atoms with Gasteiger partial charge in [-0.3, -0.25) is 4.99 Å². The van der Waals surface area contributed by atoms with Crippen molar-refractivity contribution in [3.05, 3.63) is 51.8 Å². The Morgan fingerprint density at radius 3 is 2.72 bits per heavy atom. The molecule has 1 aliphatic heterocycles. The predicted molar refractivity (Wildman–Crippen MR) is 114 cm³/mol. The number of nitrogens with one attached hydrogen (secondary N) is 2. The highest BCUT2D eigenvalue weighted by molar-refractivity contribution is 14.0. The number of rotatable bonds is 4. The van der Waals surface area contributed by atoms with Gasteiger partial charge in [-0.2, -0.15) is 0 Å². The van der Waals surface area contributed by atoms with Gasteiger partial charge in [0.1, 0.15) is 17.0 Å². The van der Waals surface area contributed by atoms with E-state index in [9.17, 15) is 0 Å². The Hall–Kier alpha value is -1.12. The lowest BCUT2D eigenvalue weighted by molar-refractivity contribution is 0.235. The maximum atomic E-state index is 6.08. The van der Waals surface area contributed by atoms with Crippen molar-refractivity contribution in [2.24, 2.45) is 12.0 Å². The fourth-order valence-corrected chi connectivity index (χ4v) is 3.15. The van der Waals surface area contributed by atoms with Crippen LogP contribution in [0.15, 0.2) is 35.3 Å². The van der Waals surface area contributed by atoms with E-state index >= 15 is 0 Å². The highest BCUT2D eigenvalue weighted by Crippen LogP contribution is 2.27. The molecule has 2 aromatic rings. The first kappa shape index (κ1) is 20.2. The number of ether oxygens (including phenoxy) is 1. The van der Waals surface area contributed by atoms with Gasteiger partial charge in [-0.05, 0) is 17.7 Å². The van der Waals surface area contributed by atoms with Crippen molar-refractivity contribution in [3.8, 4) is 5.75 Å². The summed E-state index contributed by atoms with van der Waals surface area (Å²) in [6, 6.07) is 9.98. The lowest BCUT2D eigenvalue weighted by Crippen LogP contribution is -2.42. The SMILES string of the molecule is CN=C(NCc1cc(Cl)c(Cl)n1C)NCC1Cc2ccccc2O1.I. The summed E-state index contributed by atoms with van der Waals surface area (Å²) in [5.41, 5.74) is 2.23. The zero-order valence-corrected chi connectivity index (χ0v) is 17.9. The molecule has 0 aliphatic carbocycles. The van der Waals surface area contributed by atoms with Gasteiger partial charge in [-0.25, -0.2) is 0 Å². The number of hydrogen-bond acceptors (Lipinski definition) is 2. The molecule has 2 heterocycles. The van der Waals surface area contributed by atoms with Crippen molar-refractivity contribution < 1.29 is 4.74 Å². The molecule has 0 saturated heterocycles. The Kier molecular flexibility index (Phi) is 7.27. The van der Waals surface area contributed by atoms with E-state index < -0.39 is 0 Å². The summed E-state index contributed by atoms with van der Waals surface area (Å²) in [6.07, 6.45) is 1.02. The van der Waals surface area contributed by atoms with Gasteiger partial charge in [0.25, 0.3) is 0 Å². The fraction of sp³-hybridized carbons (Fsp3) is 0.353. The van der Waals surface area contributed by atoms with Crippen LogP contribution in [-0.2, 0) is 20.0 Å². The molecule has 0 radical (unpaired) electrons. The van der Waals surface area contributed by atoms with E-state index in [1.165, 1.54) is 5.56 Å². The van der Waals surface area contributed by atoms with Crippen LogP contribution in [0, 0.1) is 0 Å². The molecule has 1 aromatic heterocycles. The number of fused-ring (bicyclic) bond motifs is 1. The quantitative estimate of drug-likeness (QED) is 0.387. The van der Waals surface area contributed by atoms with E-state index in [2.05, 4.69) is 21.7 Å². The molecule has 0 spiro atoms. The van der Waals surface area contributed by atoms with Crippen molar-refractivity contribution in [2.75, 3.05) is 13.6 Å². The van der Waals surface area contributed by atoms with Crippen LogP contribution in [0.25, 0.3) is 0 Å². The first-order chi connectivity index (χ1) is 11.6. The molecule has 2 N–H and O–H groups in total. The smallest absolute Gasteiger partial charge is 0.191 e. The second-order valence-corrected chi connectivity index (χ2v) is 6.46. The van der Waals surface area contributed by atoms with Crippen LogP contribution in [0.4, 0.5) is 0 Å². The van der Waals surface area contributed by atoms with Crippen LogP contribution >= 0.6 is 47.2 Å². The highest BCUT2D eigenvalue weighted by Gasteiger charge is 2.22. The first-order valence-electron chi connectivity index (χ1n) is 7.77. The molecule has 1 atom stereocenters. The summed E-state index contributed by atoms with van der Waals surface area (Å²) < 4.78 is 7.77. The van der Waals surface area contributed by atoms with E-state index in [-0.39, 0.29) is 30.1 Å². The molecule has 3 rings (SSSR count). The van der Waals surface area contributed by atoms with Crippen LogP contribution in [0.1, 0.15) is 11.3 Å². The molecule has 0 amide bonds. The molecular formula is C17H21Cl2IN4O. The fourth-order valence-electron chi connectivity index (χ4n) is 2.73. The van der Waals surface area contributed by atoms with Gasteiger partial charge in [-0.1, -0.05) is 41.4 Å². The molecular weight excluding hydrogens is 474 g/mol. The second-order valence-electron chi connectivity index (χ2n) is 5.69. The molecule has 1 unspecified atom stereocenters. The lowest BCUT2D eigenvalue weighted by atomic mass is 10.1. The third-order valence-electron chi connectivity index (χ3n) is 4.09. The average Bonchev–Trinajstić information content (AvgIpc) is 3.11. The second kappa shape index (κ2) is 9.00. The number of guanidine groups is 1. The van der Waals surface area contributed by atoms with Gasteiger partial charge in [0.2, 0.25) is 0 Å². The van der Waals surface area contributed by atoms with Gasteiger partial charge in [0, 0.05) is 26.2 Å². The van der Waals surface area contributed by atoms with E-state index in [0.717, 1.165) is 17.9 Å². The molecule has 5 nitrogen and oxygen atoms in total. The zero-order valence-electron chi connectivity index (χ0n) is 14.1. The molecule has 136 valence electrons. The Labute approximate surface area is 174 Å². The Bertz CT molecular complexity index is 738. The maximum Gasteiger partial charge on any atom is 0.191 e. The first-order valence-corrected chi connectivity index (χ1v) is 8.52. The van der Waals surface area contributed by atoms with Crippen LogP contribution in [0.5, 0.6) is 5.75 Å². The Morgan fingerprint density at radius 2 is 2.08 bits per heavy atom. The summed E-state index contributed by atoms with van der Waals surface area (Å²) in [6.45, 7) is 1.26. The van der Waals surface area contributed by atoms with Crippen molar-refractivity contribution >= 4 is 53.1 Å². The number of aliphatic imine (C=N–C) groups is 1. The van der Waals surface area contributed by atoms with E-state index in [0.29, 0.717) is 29.2 Å². The molecule has 0 fully saturated rings. The van der Waals surface area contributed by atoms with Gasteiger partial charge in [0.05, 0.1) is 18.1 Å². The minimum Gasteiger partial charge on any atom is -0.488 e. The van der Waals surface area contributed by atoms with Crippen LogP contribution in [0.3, 0.4) is 0 Å². The number of benzene rings is 1. The van der Waals surface area contributed by atoms with E-state index in [1.54, 1.807) is 7.05 Å². The topological polar surface area (TPSA) is 50.6 Å². The van der Waals surface area contributed by atoms with E-state index in [4.69, 9.17) is 27.9 Å². The standard InChI is InChI=1S/C17H20Cl2N4O.HI/c1-20-17(21-9-12-8-14(18)16(19)23(12)2)22-10-13-7-11-5-3-4-6-15(11)24-13;/h3-6,8,13H,7,9-10H2,1-2H3,(H2,20,21,22);1H. The summed E-state index contributed by atoms with van der Waals surface area (Å²) in [5, 5.41) is 7.64. The monoisotopic (exact) mass is 494 g/mol. The lowest BCUT2D eigenvalue weighted by Gasteiger charge is -2.16. The van der Waals surface area contributed by atoms with Gasteiger partial charge < -0.3 is 19.9 Å². The van der Waals surface area contributed by atoms with Crippen molar-refractivity contribution in [3.63, 3.8) is 0 Å². The molecule has 0 saturated carbocycles. The number of para-hydroxylation sites is 1. The van der Waals surface area contributed by atoms with E-state index in [1.807, 2.05) is 35.9 Å². The third kappa shape index (κ3) is 4.74. The summed E-state index contributed by atoms with van der Waals surface area (Å²) in [5.74, 6) is 1.68. The summed E-state index contributed by atoms with van der Waals surface area (Å²) in [4.78, 5) is 4.24. The number of hydrogen-bond donors (Lipinski definition) is 2. The predicted octanol–water partition coefficient (Wildman–Crippen LogP) is 3.62. The maximum absolute atomic E-state index is 6.08. The molecule has 8 heteroatoms. The molecule has 1 aromatic carbocycles. The number of halogens is 3. The summed E-state index contributed by atoms with van der Waals surface area (Å²) in [7, 11) is 3.62. The van der Waals surface area contributed by atoms with Gasteiger partial charge in [0.15, 0.2) is 5.96 Å². The van der Waals surface area contributed by atoms with Crippen LogP contribution in [0.2, 0.25) is 10.2 Å². The Morgan fingerprint density at radius 1 is 1.32 bits per heavy atom. The average molecular weight is 495 g/mol. The largest absolute Gasteiger partial charge is 0.488 e. The van der Waals surface area contributed by atoms with Gasteiger partial charge in [-0.15, -0.1) is 24.0 Å². The van der Waals surface area contributed by atoms with Crippen molar-refractivity contribution in [1.82, 2.24) is 15.2 Å². The molecule has 1 aliphatic rings. The molecule has 25 heavy (non-hydrogen) atoms. The summed E-state index contributed by atoms with van der Waals surface area (Å²) >= 11 is 12.1. The number of nitrogens with zero attached hydrogens (tertiary/aromatic N) is 2. The van der Waals surface area contributed by atoms with Crippen LogP contribution < -0.4 is 15.4 Å².